The third-order valence-electron chi connectivity index (χ3n) is 10.3. The van der Waals surface area contributed by atoms with Gasteiger partial charge in [-0.15, -0.1) is 0 Å². The topological polar surface area (TPSA) is 101 Å². The van der Waals surface area contributed by atoms with Crippen LogP contribution in [-0.4, -0.2) is 25.5 Å². The normalized spacial score (nSPS) is 13.4. The largest absolute Gasteiger partial charge is 0.504 e. The van der Waals surface area contributed by atoms with Crippen molar-refractivity contribution in [2.75, 3.05) is 0 Å². The monoisotopic (exact) mass is 684 g/mol. The van der Waals surface area contributed by atoms with Crippen LogP contribution in [0, 0.1) is 13.8 Å². The quantitative estimate of drug-likeness (QED) is 0.0944. The van der Waals surface area contributed by atoms with E-state index in [0.29, 0.717) is 5.22 Å². The minimum atomic E-state index is -0.985. The van der Waals surface area contributed by atoms with Gasteiger partial charge in [0.15, 0.2) is 11.5 Å². The van der Waals surface area contributed by atoms with Crippen molar-refractivity contribution < 1.29 is 25.5 Å². The number of phenolic OH excluding ortho intramolecular Hbond substituents is 5. The highest BCUT2D eigenvalue weighted by Gasteiger charge is 2.36. The maximum absolute atomic E-state index is 10.4. The van der Waals surface area contributed by atoms with Crippen molar-refractivity contribution in [2.45, 2.75) is 33.1 Å². The number of aryl methyl sites for hydroxylation is 2. The summed E-state index contributed by atoms with van der Waals surface area (Å²) < 4.78 is 0. The van der Waals surface area contributed by atoms with Gasteiger partial charge in [0, 0.05) is 5.41 Å². The molecule has 0 amide bonds. The van der Waals surface area contributed by atoms with Crippen LogP contribution < -0.4 is 10.4 Å². The Morgan fingerprint density at radius 2 is 0.962 bits per heavy atom. The molecule has 52 heavy (non-hydrogen) atoms. The van der Waals surface area contributed by atoms with Crippen molar-refractivity contribution in [3.63, 3.8) is 0 Å². The van der Waals surface area contributed by atoms with E-state index in [1.807, 2.05) is 18.2 Å². The summed E-state index contributed by atoms with van der Waals surface area (Å²) in [5, 5.41) is 54.3. The Morgan fingerprint density at radius 3 is 1.58 bits per heavy atom. The number of aromatic hydroxyl groups is 5. The highest BCUT2D eigenvalue weighted by Crippen LogP contribution is 2.53. The van der Waals surface area contributed by atoms with Gasteiger partial charge in [-0.1, -0.05) is 135 Å². The first-order valence-corrected chi connectivity index (χ1v) is 17.2. The molecule has 1 aliphatic rings. The molecule has 0 bridgehead atoms. The summed E-state index contributed by atoms with van der Waals surface area (Å²) in [4.78, 5) is 0. The fourth-order valence-electron chi connectivity index (χ4n) is 7.16. The zero-order valence-corrected chi connectivity index (χ0v) is 29.5. The van der Waals surface area contributed by atoms with Crippen LogP contribution in [0.3, 0.4) is 0 Å². The maximum atomic E-state index is 10.4. The zero-order valence-electron chi connectivity index (χ0n) is 29.5. The molecule has 8 rings (SSSR count). The van der Waals surface area contributed by atoms with E-state index >= 15 is 0 Å². The van der Waals surface area contributed by atoms with Gasteiger partial charge in [0.1, 0.15) is 0 Å². The van der Waals surface area contributed by atoms with Gasteiger partial charge in [-0.2, -0.15) is 0 Å². The third kappa shape index (κ3) is 5.90. The van der Waals surface area contributed by atoms with Crippen molar-refractivity contribution >= 4 is 22.9 Å². The van der Waals surface area contributed by atoms with Crippen LogP contribution in [0.15, 0.2) is 127 Å². The predicted octanol–water partition coefficient (Wildman–Crippen LogP) is 9.30. The maximum Gasteiger partial charge on any atom is 0.208 e. The summed E-state index contributed by atoms with van der Waals surface area (Å²) in [6.45, 7) is 8.83. The molecule has 0 aliphatic heterocycles. The smallest absolute Gasteiger partial charge is 0.208 e. The van der Waals surface area contributed by atoms with Gasteiger partial charge in [0.05, 0.1) is 5.56 Å². The minimum absolute atomic E-state index is 0.118. The van der Waals surface area contributed by atoms with Crippen LogP contribution >= 0.6 is 0 Å². The number of fused-ring (bicyclic) bond motifs is 5. The lowest BCUT2D eigenvalue weighted by molar-refractivity contribution is 0.327. The molecule has 0 spiro atoms. The van der Waals surface area contributed by atoms with Crippen LogP contribution in [0.25, 0.3) is 45.2 Å². The van der Waals surface area contributed by atoms with E-state index in [9.17, 15) is 25.5 Å². The molecule has 5 heteroatoms. The molecule has 5 nitrogen and oxygen atoms in total. The molecule has 5 N–H and O–H groups in total. The highest BCUT2D eigenvalue weighted by atomic mass is 16.4. The lowest BCUT2D eigenvalue weighted by Gasteiger charge is -2.23. The van der Waals surface area contributed by atoms with Crippen molar-refractivity contribution in [1.82, 2.24) is 0 Å². The van der Waals surface area contributed by atoms with Crippen molar-refractivity contribution in [1.29, 1.82) is 0 Å². The molecule has 0 heterocycles. The fourth-order valence-corrected chi connectivity index (χ4v) is 7.16. The van der Waals surface area contributed by atoms with E-state index in [1.54, 1.807) is 12.1 Å². The van der Waals surface area contributed by atoms with Crippen molar-refractivity contribution in [3.8, 4) is 51.0 Å². The first kappa shape index (κ1) is 34.0. The lowest BCUT2D eigenvalue weighted by atomic mass is 9.80. The average molecular weight is 685 g/mol. The second-order valence-corrected chi connectivity index (χ2v) is 13.8. The number of hydrogen-bond donors (Lipinski definition) is 5. The number of rotatable bonds is 3. The summed E-state index contributed by atoms with van der Waals surface area (Å²) in [7, 11) is 0. The van der Waals surface area contributed by atoms with Crippen molar-refractivity contribution in [3.05, 3.63) is 171 Å². The summed E-state index contributed by atoms with van der Waals surface area (Å²) >= 11 is 0. The molecular weight excluding hydrogens is 645 g/mol. The van der Waals surface area contributed by atoms with Crippen molar-refractivity contribution in [2.24, 2.45) is 0 Å². The van der Waals surface area contributed by atoms with Crippen LogP contribution in [0.4, 0.5) is 0 Å². The second-order valence-electron chi connectivity index (χ2n) is 13.8. The SMILES string of the molecule is CC1(C)c2ccccc2-c2c1cc(-c1ccc(/C=c3\cccc\c3=C/c3c(O)c(O)c(O)c(O)c3O)cc1)c1ccccc21.Cc1ccccc1C. The number of benzene rings is 7. The zero-order chi connectivity index (χ0) is 36.7. The van der Waals surface area contributed by atoms with E-state index < -0.39 is 28.7 Å². The molecule has 0 saturated carbocycles. The van der Waals surface area contributed by atoms with Gasteiger partial charge in [0.25, 0.3) is 0 Å². The van der Waals surface area contributed by atoms with Gasteiger partial charge >= 0.3 is 0 Å². The molecule has 0 aromatic heterocycles. The van der Waals surface area contributed by atoms with Gasteiger partial charge in [-0.05, 0) is 103 Å². The molecule has 258 valence electrons. The van der Waals surface area contributed by atoms with Gasteiger partial charge in [-0.25, -0.2) is 0 Å². The fraction of sp³-hybridized carbons (Fsp3) is 0.106. The minimum Gasteiger partial charge on any atom is -0.504 e. The average Bonchev–Trinajstić information content (AvgIpc) is 3.40. The first-order chi connectivity index (χ1) is 25.0. The molecular formula is C47H40O5. The molecule has 0 atom stereocenters. The third-order valence-corrected chi connectivity index (χ3v) is 10.3. The Kier molecular flexibility index (Phi) is 8.73. The van der Waals surface area contributed by atoms with Gasteiger partial charge < -0.3 is 25.5 Å². The summed E-state index contributed by atoms with van der Waals surface area (Å²) in [6, 6.07) is 43.7. The summed E-state index contributed by atoms with van der Waals surface area (Å²) in [5.41, 5.74) is 10.9. The van der Waals surface area contributed by atoms with Crippen LogP contribution in [0.2, 0.25) is 0 Å². The Bertz CT molecular complexity index is 2570. The van der Waals surface area contributed by atoms with Crippen LogP contribution in [0.5, 0.6) is 28.7 Å². The number of phenols is 5. The van der Waals surface area contributed by atoms with E-state index in [-0.39, 0.29) is 11.0 Å². The Hall–Kier alpha value is -6.46. The molecule has 0 fully saturated rings. The Balaban J connectivity index is 0.000000466. The van der Waals surface area contributed by atoms with E-state index in [1.165, 1.54) is 55.8 Å². The lowest BCUT2D eigenvalue weighted by Crippen LogP contribution is -2.23. The van der Waals surface area contributed by atoms with Gasteiger partial charge in [-0.3, -0.25) is 0 Å². The summed E-state index contributed by atoms with van der Waals surface area (Å²) in [6.07, 6.45) is 3.42. The predicted molar refractivity (Wildman–Crippen MR) is 210 cm³/mol. The Labute approximate surface area is 303 Å². The molecule has 7 aromatic carbocycles. The highest BCUT2D eigenvalue weighted by molar-refractivity contribution is 6.09. The van der Waals surface area contributed by atoms with Gasteiger partial charge in [0.2, 0.25) is 17.2 Å². The first-order valence-electron chi connectivity index (χ1n) is 17.2. The second kappa shape index (κ2) is 13.3. The van der Waals surface area contributed by atoms with E-state index in [4.69, 9.17) is 0 Å². The van der Waals surface area contributed by atoms with Crippen LogP contribution in [-0.2, 0) is 5.41 Å². The van der Waals surface area contributed by atoms with E-state index in [2.05, 4.69) is 131 Å². The molecule has 7 aromatic rings. The number of hydrogen-bond acceptors (Lipinski definition) is 5. The van der Waals surface area contributed by atoms with E-state index in [0.717, 1.165) is 16.3 Å². The summed E-state index contributed by atoms with van der Waals surface area (Å²) in [5.74, 6) is -4.26. The Morgan fingerprint density at radius 1 is 0.462 bits per heavy atom. The molecule has 0 saturated heterocycles. The van der Waals surface area contributed by atoms with Crippen LogP contribution in [0.1, 0.15) is 47.2 Å². The molecule has 1 aliphatic carbocycles. The standard InChI is InChI=1S/C39H30O5.C8H10/c1-39(2)31-14-8-7-13-28(31)33-27-12-6-5-11-26(27)29(21-32(33)39)23-17-15-22(16-18-23)19-24-9-3-4-10-25(24)20-30-34(40)36(42)38(44)37(43)35(30)41;1-7-5-3-4-6-8(7)2/h3-21,40-44H,1-2H3;3-6H,1-2H3/b24-19+,25-20+;. The molecule has 0 unspecified atom stereocenters. The molecule has 0 radical (unpaired) electrons.